The number of carbonyl (C=O) groups excluding carboxylic acids is 1. The molecule has 0 atom stereocenters. The Morgan fingerprint density at radius 2 is 1.56 bits per heavy atom. The number of rotatable bonds is 13. The predicted octanol–water partition coefficient (Wildman–Crippen LogP) is 6.18. The number of hydrazone groups is 1. The molecule has 5 rings (SSSR count). The number of hydrogen-bond acceptors (Lipinski definition) is 7. The van der Waals surface area contributed by atoms with Crippen LogP contribution in [0.1, 0.15) is 60.4 Å². The molecule has 2 aliphatic rings. The number of fused-ring (bicyclic) bond motifs is 1. The molecule has 0 radical (unpaired) electrons. The summed E-state index contributed by atoms with van der Waals surface area (Å²) < 4.78 is 87.5. The smallest absolute Gasteiger partial charge is 0.416 e. The van der Waals surface area contributed by atoms with Crippen LogP contribution in [0.4, 0.5) is 32.2 Å². The van der Waals surface area contributed by atoms with Crippen LogP contribution in [-0.2, 0) is 35.0 Å². The van der Waals surface area contributed by atoms with Gasteiger partial charge < -0.3 is 20.3 Å². The molecule has 2 saturated carbocycles. The lowest BCUT2D eigenvalue weighted by Gasteiger charge is -2.30. The van der Waals surface area contributed by atoms with Crippen LogP contribution in [0.15, 0.2) is 47.6 Å². The minimum absolute atomic E-state index is 0.0770. The van der Waals surface area contributed by atoms with Gasteiger partial charge in [0, 0.05) is 37.1 Å². The topological polar surface area (TPSA) is 113 Å². The fourth-order valence-electron chi connectivity index (χ4n) is 5.57. The van der Waals surface area contributed by atoms with Crippen molar-refractivity contribution in [2.45, 2.75) is 65.0 Å². The van der Waals surface area contributed by atoms with E-state index in [9.17, 15) is 31.1 Å². The molecule has 2 aliphatic carbocycles. The van der Waals surface area contributed by atoms with Crippen molar-refractivity contribution in [1.82, 2.24) is 15.0 Å². The number of anilines is 1. The standard InChI is InChI=1S/C33H39F6N7O2/c1-3-48-28(47)19-46(41)43-31(40)45(17-23-11-26(32(34,35)36)14-27(12-23)33(37,38)39)18-25-13-24-6-4-5-20(2)29(24)42-30(25)44(15-21-7-8-21)16-22-9-10-22/h4-6,11-14,21-22H,3,7-10,15-19,41H2,1-2H3,(H2,40,43). The summed E-state index contributed by atoms with van der Waals surface area (Å²) >= 11 is 0. The minimum atomic E-state index is -5.03. The van der Waals surface area contributed by atoms with Gasteiger partial charge in [-0.1, -0.05) is 18.2 Å². The molecule has 2 aromatic carbocycles. The zero-order valence-corrected chi connectivity index (χ0v) is 26.7. The molecule has 0 saturated heterocycles. The Morgan fingerprint density at radius 3 is 2.10 bits per heavy atom. The van der Waals surface area contributed by atoms with Crippen molar-refractivity contribution < 1.29 is 35.9 Å². The van der Waals surface area contributed by atoms with Crippen molar-refractivity contribution in [2.24, 2.45) is 28.5 Å². The van der Waals surface area contributed by atoms with Crippen LogP contribution in [0.2, 0.25) is 0 Å². The van der Waals surface area contributed by atoms with Gasteiger partial charge in [0.2, 0.25) is 5.96 Å². The van der Waals surface area contributed by atoms with Gasteiger partial charge in [0.25, 0.3) is 0 Å². The number of pyridine rings is 1. The SMILES string of the molecule is CCOC(=O)CN(N)/N=C(\N)N(Cc1cc(C(F)(F)F)cc(C(F)(F)F)c1)Cc1cc2cccc(C)c2nc1N(CC1CC1)CC1CC1. The number of halogens is 6. The lowest BCUT2D eigenvalue weighted by molar-refractivity contribution is -0.145. The second-order valence-electron chi connectivity index (χ2n) is 12.5. The van der Waals surface area contributed by atoms with Crippen LogP contribution in [0, 0.1) is 18.8 Å². The molecular formula is C33H39F6N7O2. The number of carbonyl (C=O) groups is 1. The van der Waals surface area contributed by atoms with Gasteiger partial charge in [0.05, 0.1) is 23.3 Å². The van der Waals surface area contributed by atoms with Crippen molar-refractivity contribution in [1.29, 1.82) is 0 Å². The van der Waals surface area contributed by atoms with E-state index >= 15 is 0 Å². The van der Waals surface area contributed by atoms with E-state index in [1.54, 1.807) is 6.92 Å². The molecule has 0 amide bonds. The van der Waals surface area contributed by atoms with Crippen LogP contribution in [0.25, 0.3) is 10.9 Å². The number of para-hydroxylation sites is 1. The van der Waals surface area contributed by atoms with Crippen molar-refractivity contribution in [2.75, 3.05) is 31.1 Å². The normalized spacial score (nSPS) is 15.5. The van der Waals surface area contributed by atoms with E-state index in [4.69, 9.17) is 21.3 Å². The highest BCUT2D eigenvalue weighted by molar-refractivity contribution is 5.85. The van der Waals surface area contributed by atoms with E-state index in [0.29, 0.717) is 40.5 Å². The number of aryl methyl sites for hydroxylation is 1. The fourth-order valence-corrected chi connectivity index (χ4v) is 5.57. The van der Waals surface area contributed by atoms with Crippen LogP contribution < -0.4 is 16.5 Å². The molecule has 0 bridgehead atoms. The van der Waals surface area contributed by atoms with E-state index in [1.165, 1.54) is 4.90 Å². The van der Waals surface area contributed by atoms with Gasteiger partial charge in [-0.15, -0.1) is 5.10 Å². The molecule has 2 fully saturated rings. The molecule has 1 heterocycles. The first-order valence-electron chi connectivity index (χ1n) is 15.8. The van der Waals surface area contributed by atoms with Crippen molar-refractivity contribution in [3.63, 3.8) is 0 Å². The number of nitrogens with zero attached hydrogens (tertiary/aromatic N) is 5. The highest BCUT2D eigenvalue weighted by Gasteiger charge is 2.37. The Morgan fingerprint density at radius 1 is 0.958 bits per heavy atom. The van der Waals surface area contributed by atoms with E-state index in [1.807, 2.05) is 31.2 Å². The Bertz CT molecular complexity index is 1610. The van der Waals surface area contributed by atoms with Crippen molar-refractivity contribution in [3.05, 3.63) is 70.3 Å². The van der Waals surface area contributed by atoms with Gasteiger partial charge in [0.15, 0.2) is 6.54 Å². The lowest BCUT2D eigenvalue weighted by Crippen LogP contribution is -2.42. The number of alkyl halides is 6. The summed E-state index contributed by atoms with van der Waals surface area (Å²) in [4.78, 5) is 20.7. The molecule has 4 N–H and O–H groups in total. The van der Waals surface area contributed by atoms with Crippen molar-refractivity contribution >= 4 is 28.6 Å². The number of esters is 1. The summed E-state index contributed by atoms with van der Waals surface area (Å²) in [6.07, 6.45) is -5.68. The van der Waals surface area contributed by atoms with E-state index < -0.39 is 42.5 Å². The van der Waals surface area contributed by atoms with Gasteiger partial charge in [-0.25, -0.2) is 20.7 Å². The molecule has 260 valence electrons. The monoisotopic (exact) mass is 679 g/mol. The molecule has 9 nitrogen and oxygen atoms in total. The second kappa shape index (κ2) is 14.1. The maximum atomic E-state index is 13.8. The van der Waals surface area contributed by atoms with E-state index in [0.717, 1.165) is 55.2 Å². The maximum absolute atomic E-state index is 13.8. The third kappa shape index (κ3) is 9.20. The molecular weight excluding hydrogens is 640 g/mol. The Balaban J connectivity index is 1.59. The molecule has 0 aliphatic heterocycles. The Kier molecular flexibility index (Phi) is 10.3. The quantitative estimate of drug-likeness (QED) is 0.0551. The van der Waals surface area contributed by atoms with Crippen molar-refractivity contribution in [3.8, 4) is 0 Å². The summed E-state index contributed by atoms with van der Waals surface area (Å²) in [6, 6.07) is 9.03. The summed E-state index contributed by atoms with van der Waals surface area (Å²) in [5.74, 6) is 6.55. The number of nitrogens with two attached hydrogens (primary N) is 2. The summed E-state index contributed by atoms with van der Waals surface area (Å²) in [5.41, 5.74) is 5.58. The first-order valence-corrected chi connectivity index (χ1v) is 15.8. The lowest BCUT2D eigenvalue weighted by atomic mass is 10.0. The third-order valence-corrected chi connectivity index (χ3v) is 8.29. The van der Waals surface area contributed by atoms with E-state index in [-0.39, 0.29) is 30.7 Å². The second-order valence-corrected chi connectivity index (χ2v) is 12.5. The Hall–Kier alpha value is -4.27. The van der Waals surface area contributed by atoms with Crippen LogP contribution in [0.5, 0.6) is 0 Å². The molecule has 48 heavy (non-hydrogen) atoms. The molecule has 0 spiro atoms. The van der Waals surface area contributed by atoms with E-state index in [2.05, 4.69) is 10.0 Å². The number of guanidine groups is 1. The zero-order valence-electron chi connectivity index (χ0n) is 26.7. The zero-order chi connectivity index (χ0) is 34.8. The average molecular weight is 680 g/mol. The van der Waals surface area contributed by atoms with Gasteiger partial charge >= 0.3 is 18.3 Å². The summed E-state index contributed by atoms with van der Waals surface area (Å²) in [7, 11) is 0. The van der Waals surface area contributed by atoms with Crippen LogP contribution >= 0.6 is 0 Å². The predicted molar refractivity (Wildman–Crippen MR) is 169 cm³/mol. The molecule has 15 heteroatoms. The largest absolute Gasteiger partial charge is 0.465 e. The number of benzene rings is 2. The van der Waals surface area contributed by atoms with Gasteiger partial charge in [0.1, 0.15) is 5.82 Å². The molecule has 0 unspecified atom stereocenters. The third-order valence-electron chi connectivity index (χ3n) is 8.29. The van der Waals surface area contributed by atoms with Gasteiger partial charge in [-0.05, 0) is 86.8 Å². The fraction of sp³-hybridized carbons (Fsp3) is 0.485. The molecule has 1 aromatic heterocycles. The first kappa shape index (κ1) is 35.0. The first-order chi connectivity index (χ1) is 22.6. The van der Waals surface area contributed by atoms with Crippen LogP contribution in [-0.4, -0.2) is 53.2 Å². The molecule has 3 aromatic rings. The minimum Gasteiger partial charge on any atom is -0.465 e. The number of hydrogen-bond donors (Lipinski definition) is 2. The number of aromatic nitrogens is 1. The summed E-state index contributed by atoms with van der Waals surface area (Å²) in [5, 5.41) is 5.57. The number of ether oxygens (including phenoxy) is 1. The van der Waals surface area contributed by atoms with Gasteiger partial charge in [-0.3, -0.25) is 0 Å². The highest BCUT2D eigenvalue weighted by Crippen LogP contribution is 2.39. The maximum Gasteiger partial charge on any atom is 0.416 e. The highest BCUT2D eigenvalue weighted by atomic mass is 19.4. The summed E-state index contributed by atoms with van der Waals surface area (Å²) in [6.45, 7) is 4.12. The Labute approximate surface area is 274 Å². The van der Waals surface area contributed by atoms with Gasteiger partial charge in [-0.2, -0.15) is 26.3 Å². The average Bonchev–Trinajstić information content (AvgIpc) is 3.93. The number of hydrazine groups is 1. The van der Waals surface area contributed by atoms with Crippen LogP contribution in [0.3, 0.4) is 0 Å².